The summed E-state index contributed by atoms with van der Waals surface area (Å²) in [5, 5.41) is 2.92. The quantitative estimate of drug-likeness (QED) is 0.811. The molecule has 0 radical (unpaired) electrons. The minimum Gasteiger partial charge on any atom is -0.325 e. The molecule has 5 nitrogen and oxygen atoms in total. The van der Waals surface area contributed by atoms with Gasteiger partial charge in [-0.15, -0.1) is 0 Å². The van der Waals surface area contributed by atoms with Gasteiger partial charge in [0.25, 0.3) is 0 Å². The molecule has 0 spiro atoms. The van der Waals surface area contributed by atoms with Crippen molar-refractivity contribution in [3.63, 3.8) is 0 Å². The number of amides is 1. The highest BCUT2D eigenvalue weighted by Crippen LogP contribution is 2.11. The molecule has 0 aromatic heterocycles. The number of halogens is 1. The third-order valence-corrected chi connectivity index (χ3v) is 4.58. The van der Waals surface area contributed by atoms with Crippen molar-refractivity contribution in [1.29, 1.82) is 0 Å². The van der Waals surface area contributed by atoms with Gasteiger partial charge in [-0.05, 0) is 36.4 Å². The topological polar surface area (TPSA) is 80.3 Å². The van der Waals surface area contributed by atoms with Crippen LogP contribution in [0.4, 0.5) is 5.69 Å². The molecule has 0 aliphatic heterocycles. The molecule has 2 aromatic carbocycles. The molecule has 0 fully saturated rings. The molecule has 0 unspecified atom stereocenters. The van der Waals surface area contributed by atoms with Crippen LogP contribution in [0.5, 0.6) is 0 Å². The number of hydrogen-bond acceptors (Lipinski definition) is 4. The van der Waals surface area contributed by atoms with E-state index in [1.54, 1.807) is 30.3 Å². The molecule has 2 rings (SSSR count). The normalized spacial score (nSPS) is 11.0. The SMILES string of the molecule is O=C(CS(=O)(=O)CC(=O)c1ccc(Cl)cc1)Nc1ccccc1. The van der Waals surface area contributed by atoms with E-state index in [1.165, 1.54) is 24.3 Å². The van der Waals surface area contributed by atoms with Crippen LogP contribution in [-0.4, -0.2) is 31.6 Å². The van der Waals surface area contributed by atoms with Crippen LogP contribution in [0.1, 0.15) is 10.4 Å². The van der Waals surface area contributed by atoms with Crippen LogP contribution in [0.2, 0.25) is 5.02 Å². The van der Waals surface area contributed by atoms with Gasteiger partial charge in [0.2, 0.25) is 5.91 Å². The van der Waals surface area contributed by atoms with E-state index in [0.717, 1.165) is 0 Å². The van der Waals surface area contributed by atoms with Crippen LogP contribution >= 0.6 is 11.6 Å². The van der Waals surface area contributed by atoms with Gasteiger partial charge in [0.05, 0.1) is 0 Å². The summed E-state index contributed by atoms with van der Waals surface area (Å²) >= 11 is 5.71. The standard InChI is InChI=1S/C16H14ClNO4S/c17-13-8-6-12(7-9-13)15(19)10-23(21,22)11-16(20)18-14-4-2-1-3-5-14/h1-9H,10-11H2,(H,18,20). The number of rotatable bonds is 6. The molecule has 2 aromatic rings. The van der Waals surface area contributed by atoms with Crippen molar-refractivity contribution in [3.8, 4) is 0 Å². The molecule has 0 aliphatic rings. The van der Waals surface area contributed by atoms with E-state index < -0.39 is 33.0 Å². The number of sulfone groups is 1. The van der Waals surface area contributed by atoms with Crippen molar-refractivity contribution in [3.05, 3.63) is 65.2 Å². The van der Waals surface area contributed by atoms with E-state index in [-0.39, 0.29) is 5.56 Å². The average Bonchev–Trinajstić information content (AvgIpc) is 2.47. The van der Waals surface area contributed by atoms with Gasteiger partial charge in [-0.1, -0.05) is 29.8 Å². The Morgan fingerprint density at radius 1 is 0.913 bits per heavy atom. The molecular weight excluding hydrogens is 338 g/mol. The van der Waals surface area contributed by atoms with Crippen LogP contribution in [0.25, 0.3) is 0 Å². The Kier molecular flexibility index (Phi) is 5.52. The molecule has 0 atom stereocenters. The highest BCUT2D eigenvalue weighted by atomic mass is 35.5. The molecule has 0 heterocycles. The summed E-state index contributed by atoms with van der Waals surface area (Å²) in [6.07, 6.45) is 0. The summed E-state index contributed by atoms with van der Waals surface area (Å²) in [5.41, 5.74) is 0.734. The van der Waals surface area contributed by atoms with Crippen molar-refractivity contribution in [2.75, 3.05) is 16.8 Å². The Hall–Kier alpha value is -2.18. The Balaban J connectivity index is 1.97. The van der Waals surface area contributed by atoms with E-state index in [9.17, 15) is 18.0 Å². The Morgan fingerprint density at radius 3 is 2.13 bits per heavy atom. The van der Waals surface area contributed by atoms with E-state index in [2.05, 4.69) is 5.32 Å². The minimum absolute atomic E-state index is 0.237. The van der Waals surface area contributed by atoms with Gasteiger partial charge >= 0.3 is 0 Å². The van der Waals surface area contributed by atoms with Crippen molar-refractivity contribution in [2.45, 2.75) is 0 Å². The van der Waals surface area contributed by atoms with Crippen molar-refractivity contribution >= 4 is 38.8 Å². The predicted molar refractivity (Wildman–Crippen MR) is 89.5 cm³/mol. The lowest BCUT2D eigenvalue weighted by molar-refractivity contribution is -0.113. The van der Waals surface area contributed by atoms with Crippen LogP contribution in [0, 0.1) is 0 Å². The first kappa shape index (κ1) is 17.2. The Morgan fingerprint density at radius 2 is 1.52 bits per heavy atom. The number of carbonyl (C=O) groups is 2. The third kappa shape index (κ3) is 5.50. The minimum atomic E-state index is -3.85. The number of Topliss-reactive ketones (excluding diaryl/α,β-unsaturated/α-hetero) is 1. The number of para-hydroxylation sites is 1. The third-order valence-electron chi connectivity index (χ3n) is 2.93. The van der Waals surface area contributed by atoms with E-state index in [4.69, 9.17) is 11.6 Å². The maximum absolute atomic E-state index is 12.0. The van der Waals surface area contributed by atoms with Gasteiger partial charge in [-0.2, -0.15) is 0 Å². The Bertz CT molecular complexity index is 802. The first-order chi connectivity index (χ1) is 10.9. The lowest BCUT2D eigenvalue weighted by atomic mass is 10.1. The zero-order valence-electron chi connectivity index (χ0n) is 12.0. The first-order valence-electron chi connectivity index (χ1n) is 6.70. The lowest BCUT2D eigenvalue weighted by Crippen LogP contribution is -2.27. The summed E-state index contributed by atoms with van der Waals surface area (Å²) < 4.78 is 23.9. The fourth-order valence-electron chi connectivity index (χ4n) is 1.89. The monoisotopic (exact) mass is 351 g/mol. The molecule has 7 heteroatoms. The molecule has 1 amide bonds. The van der Waals surface area contributed by atoms with E-state index >= 15 is 0 Å². The number of benzene rings is 2. The smallest absolute Gasteiger partial charge is 0.239 e. The van der Waals surface area contributed by atoms with Crippen molar-refractivity contribution in [1.82, 2.24) is 0 Å². The highest BCUT2D eigenvalue weighted by Gasteiger charge is 2.21. The average molecular weight is 352 g/mol. The van der Waals surface area contributed by atoms with Crippen LogP contribution in [-0.2, 0) is 14.6 Å². The fourth-order valence-corrected chi connectivity index (χ4v) is 3.15. The van der Waals surface area contributed by atoms with E-state index in [0.29, 0.717) is 10.7 Å². The maximum Gasteiger partial charge on any atom is 0.239 e. The van der Waals surface area contributed by atoms with Crippen LogP contribution in [0.3, 0.4) is 0 Å². The molecule has 23 heavy (non-hydrogen) atoms. The summed E-state index contributed by atoms with van der Waals surface area (Å²) in [7, 11) is -3.85. The summed E-state index contributed by atoms with van der Waals surface area (Å²) in [5.74, 6) is -2.73. The fraction of sp³-hybridized carbons (Fsp3) is 0.125. The van der Waals surface area contributed by atoms with Gasteiger partial charge in [-0.25, -0.2) is 8.42 Å². The number of anilines is 1. The summed E-state index contributed by atoms with van der Waals surface area (Å²) in [6, 6.07) is 14.4. The molecular formula is C16H14ClNO4S. The van der Waals surface area contributed by atoms with Gasteiger partial charge in [0.1, 0.15) is 11.5 Å². The van der Waals surface area contributed by atoms with Crippen LogP contribution in [0.15, 0.2) is 54.6 Å². The van der Waals surface area contributed by atoms with Gasteiger partial charge in [0, 0.05) is 16.3 Å². The molecule has 0 aliphatic carbocycles. The maximum atomic E-state index is 12.0. The molecule has 0 saturated carbocycles. The second-order valence-electron chi connectivity index (χ2n) is 4.88. The van der Waals surface area contributed by atoms with Crippen LogP contribution < -0.4 is 5.32 Å². The predicted octanol–water partition coefficient (Wildman–Crippen LogP) is 2.58. The first-order valence-corrected chi connectivity index (χ1v) is 8.90. The molecule has 0 saturated heterocycles. The van der Waals surface area contributed by atoms with E-state index in [1.807, 2.05) is 0 Å². The largest absolute Gasteiger partial charge is 0.325 e. The van der Waals surface area contributed by atoms with Crippen molar-refractivity contribution in [2.24, 2.45) is 0 Å². The Labute approximate surface area is 139 Å². The zero-order chi connectivity index (χ0) is 16.9. The second-order valence-corrected chi connectivity index (χ2v) is 7.38. The van der Waals surface area contributed by atoms with Gasteiger partial charge in [-0.3, -0.25) is 9.59 Å². The zero-order valence-corrected chi connectivity index (χ0v) is 13.6. The lowest BCUT2D eigenvalue weighted by Gasteiger charge is -2.06. The summed E-state index contributed by atoms with van der Waals surface area (Å²) in [6.45, 7) is 0. The number of nitrogens with one attached hydrogen (secondary N) is 1. The molecule has 0 bridgehead atoms. The molecule has 120 valence electrons. The number of hydrogen-bond donors (Lipinski definition) is 1. The second kappa shape index (κ2) is 7.39. The summed E-state index contributed by atoms with van der Waals surface area (Å²) in [4.78, 5) is 23.7. The molecule has 1 N–H and O–H groups in total. The highest BCUT2D eigenvalue weighted by molar-refractivity contribution is 7.92. The van der Waals surface area contributed by atoms with Crippen molar-refractivity contribution < 1.29 is 18.0 Å². The number of ketones is 1. The number of carbonyl (C=O) groups excluding carboxylic acids is 2. The van der Waals surface area contributed by atoms with Gasteiger partial charge < -0.3 is 5.32 Å². The van der Waals surface area contributed by atoms with Gasteiger partial charge in [0.15, 0.2) is 15.6 Å².